The van der Waals surface area contributed by atoms with E-state index in [0.29, 0.717) is 13.2 Å². The van der Waals surface area contributed by atoms with E-state index in [2.05, 4.69) is 4.98 Å². The number of aliphatic hydroxyl groups is 1. The zero-order valence-corrected chi connectivity index (χ0v) is 6.97. The minimum Gasteiger partial charge on any atom is -0.390 e. The molecule has 2 unspecified atom stereocenters. The van der Waals surface area contributed by atoms with Gasteiger partial charge in [0.15, 0.2) is 0 Å². The van der Waals surface area contributed by atoms with Gasteiger partial charge in [-0.05, 0) is 0 Å². The van der Waals surface area contributed by atoms with Crippen molar-refractivity contribution in [1.82, 2.24) is 9.55 Å². The summed E-state index contributed by atoms with van der Waals surface area (Å²) < 4.78 is 7.06. The zero-order valence-electron chi connectivity index (χ0n) is 6.97. The average molecular weight is 168 g/mol. The van der Waals surface area contributed by atoms with Crippen LogP contribution in [0.3, 0.4) is 0 Å². The Morgan fingerprint density at radius 2 is 2.50 bits per heavy atom. The molecule has 1 aliphatic rings. The fraction of sp³-hybridized carbons (Fsp3) is 0.625. The first kappa shape index (κ1) is 7.76. The van der Waals surface area contributed by atoms with Crippen LogP contribution in [0.5, 0.6) is 0 Å². The Hall–Kier alpha value is -0.870. The van der Waals surface area contributed by atoms with Crippen LogP contribution >= 0.6 is 0 Å². The third-order valence-corrected chi connectivity index (χ3v) is 2.24. The zero-order chi connectivity index (χ0) is 8.55. The summed E-state index contributed by atoms with van der Waals surface area (Å²) in [5, 5.41) is 9.51. The molecule has 2 atom stereocenters. The van der Waals surface area contributed by atoms with Crippen molar-refractivity contribution in [2.75, 3.05) is 13.2 Å². The van der Waals surface area contributed by atoms with Crippen LogP contribution < -0.4 is 0 Å². The maximum Gasteiger partial charge on any atom is 0.116 e. The van der Waals surface area contributed by atoms with E-state index in [4.69, 9.17) is 4.74 Å². The second-order valence-corrected chi connectivity index (χ2v) is 3.11. The first-order chi connectivity index (χ1) is 5.79. The smallest absolute Gasteiger partial charge is 0.116 e. The molecule has 0 aliphatic carbocycles. The van der Waals surface area contributed by atoms with Crippen molar-refractivity contribution in [3.05, 3.63) is 18.2 Å². The Kier molecular flexibility index (Phi) is 1.86. The SMILES string of the molecule is Cn1ccnc1C1COCC1O. The molecule has 1 aromatic heterocycles. The molecule has 0 spiro atoms. The van der Waals surface area contributed by atoms with Gasteiger partial charge in [-0.2, -0.15) is 0 Å². The molecule has 2 heterocycles. The molecular weight excluding hydrogens is 156 g/mol. The van der Waals surface area contributed by atoms with E-state index in [1.54, 1.807) is 6.20 Å². The number of imidazole rings is 1. The quantitative estimate of drug-likeness (QED) is 0.636. The number of aryl methyl sites for hydroxylation is 1. The Labute approximate surface area is 70.8 Å². The van der Waals surface area contributed by atoms with Crippen LogP contribution in [0.4, 0.5) is 0 Å². The Morgan fingerprint density at radius 3 is 3.00 bits per heavy atom. The van der Waals surface area contributed by atoms with Crippen molar-refractivity contribution in [1.29, 1.82) is 0 Å². The Balaban J connectivity index is 2.24. The van der Waals surface area contributed by atoms with Crippen molar-refractivity contribution in [3.63, 3.8) is 0 Å². The van der Waals surface area contributed by atoms with Gasteiger partial charge < -0.3 is 14.4 Å². The van der Waals surface area contributed by atoms with E-state index in [-0.39, 0.29) is 5.92 Å². The summed E-state index contributed by atoms with van der Waals surface area (Å²) in [7, 11) is 1.92. The maximum atomic E-state index is 9.51. The summed E-state index contributed by atoms with van der Waals surface area (Å²) in [6, 6.07) is 0. The monoisotopic (exact) mass is 168 g/mol. The lowest BCUT2D eigenvalue weighted by Crippen LogP contribution is -2.18. The van der Waals surface area contributed by atoms with Crippen LogP contribution in [-0.2, 0) is 11.8 Å². The van der Waals surface area contributed by atoms with E-state index in [9.17, 15) is 5.11 Å². The topological polar surface area (TPSA) is 47.3 Å². The maximum absolute atomic E-state index is 9.51. The molecule has 0 bridgehead atoms. The van der Waals surface area contributed by atoms with Crippen molar-refractivity contribution >= 4 is 0 Å². The van der Waals surface area contributed by atoms with E-state index in [1.807, 2.05) is 17.8 Å². The lowest BCUT2D eigenvalue weighted by molar-refractivity contribution is 0.124. The van der Waals surface area contributed by atoms with Gasteiger partial charge in [-0.1, -0.05) is 0 Å². The van der Waals surface area contributed by atoms with E-state index in [1.165, 1.54) is 0 Å². The lowest BCUT2D eigenvalue weighted by atomic mass is 10.1. The van der Waals surface area contributed by atoms with Crippen LogP contribution in [0.2, 0.25) is 0 Å². The second kappa shape index (κ2) is 2.88. The van der Waals surface area contributed by atoms with Gasteiger partial charge in [0.2, 0.25) is 0 Å². The predicted molar refractivity (Wildman–Crippen MR) is 42.8 cm³/mol. The number of hydrogen-bond acceptors (Lipinski definition) is 3. The highest BCUT2D eigenvalue weighted by molar-refractivity contribution is 5.04. The Bertz CT molecular complexity index is 272. The molecule has 1 aliphatic heterocycles. The largest absolute Gasteiger partial charge is 0.390 e. The summed E-state index contributed by atoms with van der Waals surface area (Å²) in [5.74, 6) is 0.949. The summed E-state index contributed by atoms with van der Waals surface area (Å²) in [5.41, 5.74) is 0. The van der Waals surface area contributed by atoms with E-state index >= 15 is 0 Å². The average Bonchev–Trinajstić information content (AvgIpc) is 2.59. The molecule has 0 radical (unpaired) electrons. The van der Waals surface area contributed by atoms with Gasteiger partial charge in [0.25, 0.3) is 0 Å². The summed E-state index contributed by atoms with van der Waals surface area (Å²) in [4.78, 5) is 4.17. The molecule has 1 aromatic rings. The molecule has 1 saturated heterocycles. The minimum atomic E-state index is -0.397. The van der Waals surface area contributed by atoms with Gasteiger partial charge in [-0.15, -0.1) is 0 Å². The lowest BCUT2D eigenvalue weighted by Gasteiger charge is -2.11. The van der Waals surface area contributed by atoms with Crippen molar-refractivity contribution < 1.29 is 9.84 Å². The van der Waals surface area contributed by atoms with Crippen LogP contribution in [0.1, 0.15) is 11.7 Å². The highest BCUT2D eigenvalue weighted by atomic mass is 16.5. The first-order valence-corrected chi connectivity index (χ1v) is 4.02. The molecule has 4 nitrogen and oxygen atoms in total. The number of rotatable bonds is 1. The molecule has 1 fully saturated rings. The molecule has 0 aromatic carbocycles. The normalized spacial score (nSPS) is 29.5. The second-order valence-electron chi connectivity index (χ2n) is 3.11. The van der Waals surface area contributed by atoms with Crippen molar-refractivity contribution in [3.8, 4) is 0 Å². The standard InChI is InChI=1S/C8H12N2O2/c1-10-3-2-9-8(10)6-4-12-5-7(6)11/h2-3,6-7,11H,4-5H2,1H3. The van der Waals surface area contributed by atoms with Crippen LogP contribution in [-0.4, -0.2) is 34.0 Å². The fourth-order valence-corrected chi connectivity index (χ4v) is 1.52. The molecule has 12 heavy (non-hydrogen) atoms. The number of hydrogen-bond donors (Lipinski definition) is 1. The number of ether oxygens (including phenoxy) is 1. The van der Waals surface area contributed by atoms with Gasteiger partial charge in [-0.25, -0.2) is 4.98 Å². The van der Waals surface area contributed by atoms with Gasteiger partial charge in [0, 0.05) is 19.4 Å². The molecule has 66 valence electrons. The van der Waals surface area contributed by atoms with Crippen LogP contribution in [0.25, 0.3) is 0 Å². The fourth-order valence-electron chi connectivity index (χ4n) is 1.52. The van der Waals surface area contributed by atoms with E-state index in [0.717, 1.165) is 5.82 Å². The third kappa shape index (κ3) is 1.13. The van der Waals surface area contributed by atoms with Crippen LogP contribution in [0.15, 0.2) is 12.4 Å². The molecule has 2 rings (SSSR count). The van der Waals surface area contributed by atoms with Crippen molar-refractivity contribution in [2.24, 2.45) is 7.05 Å². The summed E-state index contributed by atoms with van der Waals surface area (Å²) in [6.07, 6.45) is 3.21. The first-order valence-electron chi connectivity index (χ1n) is 4.02. The minimum absolute atomic E-state index is 0.0463. The molecular formula is C8H12N2O2. The van der Waals surface area contributed by atoms with Crippen LogP contribution in [0, 0.1) is 0 Å². The highest BCUT2D eigenvalue weighted by Crippen LogP contribution is 2.23. The molecule has 0 amide bonds. The number of aliphatic hydroxyl groups excluding tert-OH is 1. The number of aromatic nitrogens is 2. The summed E-state index contributed by atoms with van der Waals surface area (Å²) >= 11 is 0. The third-order valence-electron chi connectivity index (χ3n) is 2.24. The van der Waals surface area contributed by atoms with Gasteiger partial charge >= 0.3 is 0 Å². The van der Waals surface area contributed by atoms with E-state index < -0.39 is 6.10 Å². The molecule has 1 N–H and O–H groups in total. The molecule has 0 saturated carbocycles. The molecule has 4 heteroatoms. The summed E-state index contributed by atoms with van der Waals surface area (Å²) in [6.45, 7) is 1.00. The van der Waals surface area contributed by atoms with Gasteiger partial charge in [0.1, 0.15) is 5.82 Å². The Morgan fingerprint density at radius 1 is 1.67 bits per heavy atom. The van der Waals surface area contributed by atoms with Crippen molar-refractivity contribution in [2.45, 2.75) is 12.0 Å². The van der Waals surface area contributed by atoms with Gasteiger partial charge in [0.05, 0.1) is 25.2 Å². The number of nitrogens with zero attached hydrogens (tertiary/aromatic N) is 2. The predicted octanol–water partition coefficient (Wildman–Crippen LogP) is -0.105. The highest BCUT2D eigenvalue weighted by Gasteiger charge is 2.30. The van der Waals surface area contributed by atoms with Gasteiger partial charge in [-0.3, -0.25) is 0 Å².